The Morgan fingerprint density at radius 2 is 1.94 bits per heavy atom. The number of likely N-dealkylation sites (tertiary alicyclic amines) is 2. The molecule has 2 rings (SSSR count). The van der Waals surface area contributed by atoms with E-state index in [4.69, 9.17) is 0 Å². The summed E-state index contributed by atoms with van der Waals surface area (Å²) in [5.41, 5.74) is 0. The van der Waals surface area contributed by atoms with E-state index in [9.17, 15) is 0 Å². The van der Waals surface area contributed by atoms with E-state index in [1.165, 1.54) is 58.4 Å². The normalized spacial score (nSPS) is 30.8. The first-order chi connectivity index (χ1) is 7.79. The van der Waals surface area contributed by atoms with Crippen LogP contribution >= 0.6 is 0 Å². The number of hydrogen-bond donors (Lipinski definition) is 1. The molecule has 0 aromatic rings. The summed E-state index contributed by atoms with van der Waals surface area (Å²) >= 11 is 0. The van der Waals surface area contributed by atoms with Crippen LogP contribution < -0.4 is 5.32 Å². The summed E-state index contributed by atoms with van der Waals surface area (Å²) in [7, 11) is 2.09. The molecule has 94 valence electrons. The molecule has 3 nitrogen and oxygen atoms in total. The predicted molar refractivity (Wildman–Crippen MR) is 68.8 cm³/mol. The monoisotopic (exact) mass is 225 g/mol. The van der Waals surface area contributed by atoms with Crippen molar-refractivity contribution < 1.29 is 0 Å². The third-order valence-corrected chi connectivity index (χ3v) is 4.22. The van der Waals surface area contributed by atoms with E-state index in [1.54, 1.807) is 0 Å². The van der Waals surface area contributed by atoms with Gasteiger partial charge in [0.05, 0.1) is 0 Å². The van der Waals surface area contributed by atoms with Crippen LogP contribution in [0.15, 0.2) is 0 Å². The Hall–Kier alpha value is -0.120. The second-order valence-corrected chi connectivity index (χ2v) is 5.48. The third kappa shape index (κ3) is 3.19. The maximum absolute atomic E-state index is 3.40. The van der Waals surface area contributed by atoms with Crippen molar-refractivity contribution in [2.75, 3.05) is 39.8 Å². The van der Waals surface area contributed by atoms with Gasteiger partial charge in [-0.25, -0.2) is 0 Å². The molecule has 2 unspecified atom stereocenters. The Kier molecular flexibility index (Phi) is 4.62. The lowest BCUT2D eigenvalue weighted by Gasteiger charge is -2.33. The predicted octanol–water partition coefficient (Wildman–Crippen LogP) is 1.15. The molecule has 2 fully saturated rings. The Labute approximate surface area is 100 Å². The molecule has 0 radical (unpaired) electrons. The van der Waals surface area contributed by atoms with Crippen LogP contribution in [0.3, 0.4) is 0 Å². The minimum Gasteiger partial charge on any atom is -0.316 e. The van der Waals surface area contributed by atoms with Crippen LogP contribution in [0.2, 0.25) is 0 Å². The van der Waals surface area contributed by atoms with Gasteiger partial charge in [-0.3, -0.25) is 4.90 Å². The lowest BCUT2D eigenvalue weighted by atomic mass is 10.1. The van der Waals surface area contributed by atoms with Crippen molar-refractivity contribution in [3.63, 3.8) is 0 Å². The molecule has 0 bridgehead atoms. The highest BCUT2D eigenvalue weighted by atomic mass is 15.2. The van der Waals surface area contributed by atoms with Crippen LogP contribution in [0.5, 0.6) is 0 Å². The molecule has 0 aromatic heterocycles. The van der Waals surface area contributed by atoms with Crippen LogP contribution in [0.25, 0.3) is 0 Å². The molecule has 16 heavy (non-hydrogen) atoms. The highest BCUT2D eigenvalue weighted by molar-refractivity contribution is 4.84. The Bertz CT molecular complexity index is 201. The molecule has 0 aromatic carbocycles. The standard InChI is InChI=1S/C13H27N3/c1-12(10-15-7-4-3-5-8-15)16-9-6-13(11-16)14-2/h12-14H,3-11H2,1-2H3. The zero-order valence-electron chi connectivity index (χ0n) is 10.9. The number of piperidine rings is 1. The maximum Gasteiger partial charge on any atom is 0.0204 e. The Morgan fingerprint density at radius 3 is 2.56 bits per heavy atom. The number of nitrogens with one attached hydrogen (secondary N) is 1. The molecule has 0 spiro atoms. The van der Waals surface area contributed by atoms with E-state index in [-0.39, 0.29) is 0 Å². The maximum atomic E-state index is 3.40. The van der Waals surface area contributed by atoms with Gasteiger partial charge >= 0.3 is 0 Å². The zero-order chi connectivity index (χ0) is 11.4. The summed E-state index contributed by atoms with van der Waals surface area (Å²) in [5, 5.41) is 3.40. The van der Waals surface area contributed by atoms with Gasteiger partial charge in [0.15, 0.2) is 0 Å². The molecule has 3 heteroatoms. The molecule has 0 aliphatic carbocycles. The summed E-state index contributed by atoms with van der Waals surface area (Å²) < 4.78 is 0. The van der Waals surface area contributed by atoms with Gasteiger partial charge < -0.3 is 10.2 Å². The summed E-state index contributed by atoms with van der Waals surface area (Å²) in [4.78, 5) is 5.30. The van der Waals surface area contributed by atoms with Gasteiger partial charge in [-0.1, -0.05) is 6.42 Å². The third-order valence-electron chi connectivity index (χ3n) is 4.22. The fraction of sp³-hybridized carbons (Fsp3) is 1.00. The van der Waals surface area contributed by atoms with Crippen molar-refractivity contribution in [1.29, 1.82) is 0 Å². The van der Waals surface area contributed by atoms with Crippen molar-refractivity contribution in [2.24, 2.45) is 0 Å². The molecule has 0 amide bonds. The van der Waals surface area contributed by atoms with Crippen molar-refractivity contribution in [3.05, 3.63) is 0 Å². The SMILES string of the molecule is CNC1CCN(C(C)CN2CCCCC2)C1. The van der Waals surface area contributed by atoms with Crippen molar-refractivity contribution in [2.45, 2.75) is 44.7 Å². The molecule has 2 saturated heterocycles. The average molecular weight is 225 g/mol. The summed E-state index contributed by atoms with van der Waals surface area (Å²) in [5.74, 6) is 0. The fourth-order valence-corrected chi connectivity index (χ4v) is 3.05. The lowest BCUT2D eigenvalue weighted by molar-refractivity contribution is 0.151. The van der Waals surface area contributed by atoms with Crippen molar-refractivity contribution in [1.82, 2.24) is 15.1 Å². The topological polar surface area (TPSA) is 18.5 Å². The van der Waals surface area contributed by atoms with Crippen molar-refractivity contribution in [3.8, 4) is 0 Å². The van der Waals surface area contributed by atoms with E-state index in [0.29, 0.717) is 0 Å². The average Bonchev–Trinajstić information content (AvgIpc) is 2.79. The zero-order valence-corrected chi connectivity index (χ0v) is 10.9. The molecule has 2 atom stereocenters. The van der Waals surface area contributed by atoms with Gasteiger partial charge in [0, 0.05) is 31.7 Å². The van der Waals surface area contributed by atoms with Gasteiger partial charge in [0.25, 0.3) is 0 Å². The smallest absolute Gasteiger partial charge is 0.0204 e. The molecule has 1 N–H and O–H groups in total. The molecular weight excluding hydrogens is 198 g/mol. The van der Waals surface area contributed by atoms with Gasteiger partial charge in [-0.05, 0) is 46.3 Å². The van der Waals surface area contributed by atoms with E-state index < -0.39 is 0 Å². The quantitative estimate of drug-likeness (QED) is 0.774. The molecule has 0 saturated carbocycles. The van der Waals surface area contributed by atoms with E-state index in [0.717, 1.165) is 12.1 Å². The van der Waals surface area contributed by atoms with Gasteiger partial charge in [0.1, 0.15) is 0 Å². The minimum atomic E-state index is 0.726. The molecule has 2 aliphatic rings. The summed E-state index contributed by atoms with van der Waals surface area (Å²) in [6, 6.07) is 1.46. The van der Waals surface area contributed by atoms with Crippen LogP contribution in [0.1, 0.15) is 32.6 Å². The first-order valence-electron chi connectivity index (χ1n) is 6.93. The van der Waals surface area contributed by atoms with Gasteiger partial charge in [-0.15, -0.1) is 0 Å². The largest absolute Gasteiger partial charge is 0.316 e. The van der Waals surface area contributed by atoms with Crippen molar-refractivity contribution >= 4 is 0 Å². The second-order valence-electron chi connectivity index (χ2n) is 5.48. The first-order valence-corrected chi connectivity index (χ1v) is 6.93. The lowest BCUT2D eigenvalue weighted by Crippen LogP contribution is -2.44. The second kappa shape index (κ2) is 5.99. The van der Waals surface area contributed by atoms with Gasteiger partial charge in [0.2, 0.25) is 0 Å². The highest BCUT2D eigenvalue weighted by Gasteiger charge is 2.26. The Balaban J connectivity index is 1.72. The highest BCUT2D eigenvalue weighted by Crippen LogP contribution is 2.15. The number of rotatable bonds is 4. The summed E-state index contributed by atoms with van der Waals surface area (Å²) in [6.07, 6.45) is 5.58. The van der Waals surface area contributed by atoms with Crippen LogP contribution in [0.4, 0.5) is 0 Å². The van der Waals surface area contributed by atoms with E-state index >= 15 is 0 Å². The number of nitrogens with zero attached hydrogens (tertiary/aromatic N) is 2. The van der Waals surface area contributed by atoms with Gasteiger partial charge in [-0.2, -0.15) is 0 Å². The number of hydrogen-bond acceptors (Lipinski definition) is 3. The molecular formula is C13H27N3. The van der Waals surface area contributed by atoms with E-state index in [2.05, 4.69) is 29.1 Å². The molecule has 2 heterocycles. The first kappa shape index (κ1) is 12.3. The van der Waals surface area contributed by atoms with Crippen LogP contribution in [0, 0.1) is 0 Å². The fourth-order valence-electron chi connectivity index (χ4n) is 3.05. The Morgan fingerprint density at radius 1 is 1.19 bits per heavy atom. The van der Waals surface area contributed by atoms with Crippen LogP contribution in [-0.2, 0) is 0 Å². The van der Waals surface area contributed by atoms with E-state index in [1.807, 2.05) is 0 Å². The minimum absolute atomic E-state index is 0.726. The van der Waals surface area contributed by atoms with Crippen LogP contribution in [-0.4, -0.2) is 61.7 Å². The number of likely N-dealkylation sites (N-methyl/N-ethyl adjacent to an activating group) is 1. The summed E-state index contributed by atoms with van der Waals surface area (Å²) in [6.45, 7) is 8.84. The molecule has 2 aliphatic heterocycles.